The molecule has 1 rings (SSSR count). The van der Waals surface area contributed by atoms with E-state index in [2.05, 4.69) is 4.98 Å². The number of carboxylic acid groups (broad SMARTS) is 1. The van der Waals surface area contributed by atoms with Crippen LogP contribution in [0.15, 0.2) is 18.5 Å². The van der Waals surface area contributed by atoms with Gasteiger partial charge in [-0.3, -0.25) is 14.6 Å². The lowest BCUT2D eigenvalue weighted by Gasteiger charge is -2.19. The van der Waals surface area contributed by atoms with Crippen LogP contribution in [0.2, 0.25) is 5.02 Å². The lowest BCUT2D eigenvalue weighted by molar-refractivity contribution is -0.141. The van der Waals surface area contributed by atoms with Gasteiger partial charge in [0.2, 0.25) is 0 Å². The first-order chi connectivity index (χ1) is 7.93. The van der Waals surface area contributed by atoms with E-state index in [9.17, 15) is 9.59 Å². The van der Waals surface area contributed by atoms with E-state index >= 15 is 0 Å². The van der Waals surface area contributed by atoms with Gasteiger partial charge in [0.05, 0.1) is 16.5 Å². The van der Waals surface area contributed by atoms with E-state index in [-0.39, 0.29) is 18.0 Å². The van der Waals surface area contributed by atoms with Gasteiger partial charge in [0.25, 0.3) is 5.91 Å². The highest BCUT2D eigenvalue weighted by atomic mass is 35.5. The van der Waals surface area contributed by atoms with Gasteiger partial charge in [0, 0.05) is 26.0 Å². The molecule has 0 saturated carbocycles. The zero-order valence-corrected chi connectivity index (χ0v) is 10.3. The lowest BCUT2D eigenvalue weighted by atomic mass is 10.1. The molecule has 0 fully saturated rings. The van der Waals surface area contributed by atoms with Crippen molar-refractivity contribution in [3.63, 3.8) is 0 Å². The summed E-state index contributed by atoms with van der Waals surface area (Å²) in [6.45, 7) is 1.66. The summed E-state index contributed by atoms with van der Waals surface area (Å²) >= 11 is 5.86. The highest BCUT2D eigenvalue weighted by Gasteiger charge is 2.20. The maximum Gasteiger partial charge on any atom is 0.308 e. The summed E-state index contributed by atoms with van der Waals surface area (Å²) in [6.07, 6.45) is 2.85. The minimum Gasteiger partial charge on any atom is -0.481 e. The Hall–Kier alpha value is -1.62. The van der Waals surface area contributed by atoms with Crippen LogP contribution in [0.1, 0.15) is 17.3 Å². The molecule has 1 atom stereocenters. The Bertz CT molecular complexity index is 436. The van der Waals surface area contributed by atoms with Gasteiger partial charge in [-0.1, -0.05) is 18.5 Å². The van der Waals surface area contributed by atoms with Crippen LogP contribution in [0.3, 0.4) is 0 Å². The first-order valence-electron chi connectivity index (χ1n) is 5.01. The summed E-state index contributed by atoms with van der Waals surface area (Å²) in [5, 5.41) is 9.07. The fourth-order valence-corrected chi connectivity index (χ4v) is 1.50. The Labute approximate surface area is 104 Å². The first-order valence-corrected chi connectivity index (χ1v) is 5.39. The number of aliphatic carboxylic acids is 1. The molecule has 1 unspecified atom stereocenters. The third-order valence-corrected chi connectivity index (χ3v) is 2.64. The van der Waals surface area contributed by atoms with Crippen LogP contribution in [-0.2, 0) is 4.79 Å². The molecule has 1 aromatic heterocycles. The molecule has 1 aromatic rings. The molecule has 0 aliphatic heterocycles. The molecule has 5 nitrogen and oxygen atoms in total. The Morgan fingerprint density at radius 1 is 1.59 bits per heavy atom. The zero-order valence-electron chi connectivity index (χ0n) is 9.55. The van der Waals surface area contributed by atoms with Crippen LogP contribution >= 0.6 is 11.6 Å². The van der Waals surface area contributed by atoms with Gasteiger partial charge < -0.3 is 10.0 Å². The fraction of sp³-hybridized carbons (Fsp3) is 0.364. The van der Waals surface area contributed by atoms with E-state index in [0.29, 0.717) is 5.02 Å². The molecule has 1 amide bonds. The van der Waals surface area contributed by atoms with Crippen molar-refractivity contribution in [2.75, 3.05) is 13.6 Å². The molecular formula is C11H13ClN2O3. The average Bonchev–Trinajstić information content (AvgIpc) is 2.28. The SMILES string of the molecule is CC(CN(C)C(=O)c1cnccc1Cl)C(=O)O. The minimum absolute atomic E-state index is 0.124. The van der Waals surface area contributed by atoms with E-state index in [4.69, 9.17) is 16.7 Å². The van der Waals surface area contributed by atoms with Crippen molar-refractivity contribution in [2.45, 2.75) is 6.92 Å². The van der Waals surface area contributed by atoms with E-state index in [1.54, 1.807) is 0 Å². The number of carbonyl (C=O) groups excluding carboxylic acids is 1. The zero-order chi connectivity index (χ0) is 13.0. The van der Waals surface area contributed by atoms with Crippen molar-refractivity contribution in [3.05, 3.63) is 29.0 Å². The van der Waals surface area contributed by atoms with Gasteiger partial charge in [-0.15, -0.1) is 0 Å². The van der Waals surface area contributed by atoms with Gasteiger partial charge in [-0.2, -0.15) is 0 Å². The molecule has 0 aromatic carbocycles. The average molecular weight is 257 g/mol. The number of halogens is 1. The van der Waals surface area contributed by atoms with Crippen LogP contribution in [0.4, 0.5) is 0 Å². The molecule has 0 bridgehead atoms. The topological polar surface area (TPSA) is 70.5 Å². The molecular weight excluding hydrogens is 244 g/mol. The number of hydrogen-bond acceptors (Lipinski definition) is 3. The number of carboxylic acids is 1. The Morgan fingerprint density at radius 3 is 2.76 bits per heavy atom. The third-order valence-electron chi connectivity index (χ3n) is 2.31. The maximum atomic E-state index is 11.9. The second-order valence-corrected chi connectivity index (χ2v) is 4.19. The predicted molar refractivity (Wildman–Crippen MR) is 63.0 cm³/mol. The van der Waals surface area contributed by atoms with Crippen LogP contribution in [0.5, 0.6) is 0 Å². The molecule has 1 N–H and O–H groups in total. The second kappa shape index (κ2) is 5.63. The molecule has 92 valence electrons. The summed E-state index contributed by atoms with van der Waals surface area (Å²) in [5.74, 6) is -1.91. The largest absolute Gasteiger partial charge is 0.481 e. The Kier molecular flexibility index (Phi) is 4.45. The number of hydrogen-bond donors (Lipinski definition) is 1. The van der Waals surface area contributed by atoms with Crippen LogP contribution in [0.25, 0.3) is 0 Å². The van der Waals surface area contributed by atoms with Crippen LogP contribution < -0.4 is 0 Å². The van der Waals surface area contributed by atoms with Crippen LogP contribution in [0, 0.1) is 5.92 Å². The molecule has 0 aliphatic carbocycles. The normalized spacial score (nSPS) is 11.9. The number of rotatable bonds is 4. The third kappa shape index (κ3) is 3.42. The maximum absolute atomic E-state index is 11.9. The second-order valence-electron chi connectivity index (χ2n) is 3.78. The molecule has 0 radical (unpaired) electrons. The molecule has 6 heteroatoms. The highest BCUT2D eigenvalue weighted by molar-refractivity contribution is 6.33. The van der Waals surface area contributed by atoms with Gasteiger partial charge in [0.15, 0.2) is 0 Å². The smallest absolute Gasteiger partial charge is 0.308 e. The van der Waals surface area contributed by atoms with Crippen molar-refractivity contribution in [2.24, 2.45) is 5.92 Å². The quantitative estimate of drug-likeness (QED) is 0.887. The fourth-order valence-electron chi connectivity index (χ4n) is 1.31. The van der Waals surface area contributed by atoms with Gasteiger partial charge in [-0.05, 0) is 6.07 Å². The standard InChI is InChI=1S/C11H13ClN2O3/c1-7(11(16)17)6-14(2)10(15)8-5-13-4-3-9(8)12/h3-5,7H,6H2,1-2H3,(H,16,17). The summed E-state index contributed by atoms with van der Waals surface area (Å²) in [5.41, 5.74) is 0.272. The Morgan fingerprint density at radius 2 is 2.24 bits per heavy atom. The number of aromatic nitrogens is 1. The number of nitrogens with zero attached hydrogens (tertiary/aromatic N) is 2. The monoisotopic (exact) mass is 256 g/mol. The molecule has 0 saturated heterocycles. The van der Waals surface area contributed by atoms with Crippen LogP contribution in [-0.4, -0.2) is 40.5 Å². The van der Waals surface area contributed by atoms with Gasteiger partial charge in [0.1, 0.15) is 0 Å². The first kappa shape index (κ1) is 13.4. The summed E-state index contributed by atoms with van der Waals surface area (Å²) < 4.78 is 0. The molecule has 0 aliphatic rings. The Balaban J connectivity index is 2.77. The van der Waals surface area contributed by atoms with Gasteiger partial charge in [-0.25, -0.2) is 0 Å². The van der Waals surface area contributed by atoms with E-state index in [1.807, 2.05) is 0 Å². The van der Waals surface area contributed by atoms with E-state index < -0.39 is 11.9 Å². The van der Waals surface area contributed by atoms with Gasteiger partial charge >= 0.3 is 5.97 Å². The van der Waals surface area contributed by atoms with Crippen molar-refractivity contribution >= 4 is 23.5 Å². The highest BCUT2D eigenvalue weighted by Crippen LogP contribution is 2.15. The van der Waals surface area contributed by atoms with Crippen molar-refractivity contribution in [1.82, 2.24) is 9.88 Å². The summed E-state index contributed by atoms with van der Waals surface area (Å²) in [4.78, 5) is 27.8. The van der Waals surface area contributed by atoms with Crippen molar-refractivity contribution in [3.8, 4) is 0 Å². The van der Waals surface area contributed by atoms with Crippen molar-refractivity contribution < 1.29 is 14.7 Å². The number of carbonyl (C=O) groups is 2. The molecule has 0 spiro atoms. The van der Waals surface area contributed by atoms with Crippen molar-refractivity contribution in [1.29, 1.82) is 0 Å². The summed E-state index contributed by atoms with van der Waals surface area (Å²) in [7, 11) is 1.53. The predicted octanol–water partition coefficient (Wildman–Crippen LogP) is 1.53. The number of pyridine rings is 1. The van der Waals surface area contributed by atoms with E-state index in [1.165, 1.54) is 37.3 Å². The molecule has 17 heavy (non-hydrogen) atoms. The minimum atomic E-state index is -0.943. The van der Waals surface area contributed by atoms with E-state index in [0.717, 1.165) is 0 Å². The summed E-state index contributed by atoms with van der Waals surface area (Å²) in [6, 6.07) is 1.52. The number of amides is 1. The molecule has 1 heterocycles. The lowest BCUT2D eigenvalue weighted by Crippen LogP contribution is -2.33.